The Morgan fingerprint density at radius 3 is 2.80 bits per heavy atom. The number of nitrogens with zero attached hydrogens (tertiary/aromatic N) is 2. The fourth-order valence-corrected chi connectivity index (χ4v) is 3.42. The number of hydrogen-bond donors (Lipinski definition) is 1. The lowest BCUT2D eigenvalue weighted by molar-refractivity contribution is 0.279. The molecule has 0 radical (unpaired) electrons. The van der Waals surface area contributed by atoms with Gasteiger partial charge in [0.1, 0.15) is 11.6 Å². The van der Waals surface area contributed by atoms with Crippen LogP contribution < -0.4 is 5.32 Å². The molecule has 2 rings (SSSR count). The summed E-state index contributed by atoms with van der Waals surface area (Å²) in [5.74, 6) is 3.53. The number of hydrogen-bond acceptors (Lipinski definition) is 3. The van der Waals surface area contributed by atoms with Gasteiger partial charge in [-0.2, -0.15) is 0 Å². The normalized spacial score (nSPS) is 26.8. The van der Waals surface area contributed by atoms with Gasteiger partial charge in [-0.05, 0) is 25.7 Å². The van der Waals surface area contributed by atoms with Crippen LogP contribution in [-0.2, 0) is 0 Å². The van der Waals surface area contributed by atoms with Gasteiger partial charge in [0.2, 0.25) is 0 Å². The first-order chi connectivity index (χ1) is 9.44. The molecule has 20 heavy (non-hydrogen) atoms. The van der Waals surface area contributed by atoms with E-state index < -0.39 is 0 Å². The average Bonchev–Trinajstić information content (AvgIpc) is 2.38. The molecule has 0 spiro atoms. The summed E-state index contributed by atoms with van der Waals surface area (Å²) in [6.45, 7) is 8.58. The third-order valence-corrected chi connectivity index (χ3v) is 4.64. The van der Waals surface area contributed by atoms with Crippen LogP contribution in [-0.4, -0.2) is 21.4 Å². The standard InChI is InChI=1S/C16H26ClN3/c1-11(2)15-18-13(4)8-14(19-15)20-16(10-17)7-5-6-12(3)9-16/h8,11-12H,5-7,9-10H2,1-4H3,(H,18,19,20). The third kappa shape index (κ3) is 3.63. The lowest BCUT2D eigenvalue weighted by Gasteiger charge is -2.40. The second kappa shape index (κ2) is 6.30. The zero-order valence-electron chi connectivity index (χ0n) is 13.0. The van der Waals surface area contributed by atoms with Crippen LogP contribution in [0.3, 0.4) is 0 Å². The highest BCUT2D eigenvalue weighted by Gasteiger charge is 2.34. The van der Waals surface area contributed by atoms with E-state index in [1.807, 2.05) is 13.0 Å². The number of anilines is 1. The molecule has 1 aliphatic rings. The number of alkyl halides is 1. The highest BCUT2D eigenvalue weighted by molar-refractivity contribution is 6.18. The monoisotopic (exact) mass is 295 g/mol. The summed E-state index contributed by atoms with van der Waals surface area (Å²) in [5.41, 5.74) is 1.01. The molecule has 2 atom stereocenters. The number of nitrogens with one attached hydrogen (secondary N) is 1. The van der Waals surface area contributed by atoms with E-state index in [4.69, 9.17) is 11.6 Å². The van der Waals surface area contributed by atoms with Gasteiger partial charge in [-0.15, -0.1) is 11.6 Å². The molecule has 1 aromatic heterocycles. The van der Waals surface area contributed by atoms with Gasteiger partial charge >= 0.3 is 0 Å². The summed E-state index contributed by atoms with van der Waals surface area (Å²) in [5, 5.41) is 3.63. The molecule has 0 aromatic carbocycles. The van der Waals surface area contributed by atoms with Crippen molar-refractivity contribution >= 4 is 17.4 Å². The van der Waals surface area contributed by atoms with Crippen LogP contribution >= 0.6 is 11.6 Å². The van der Waals surface area contributed by atoms with E-state index in [0.717, 1.165) is 36.1 Å². The molecule has 0 aliphatic heterocycles. The minimum atomic E-state index is -0.00569. The van der Waals surface area contributed by atoms with Gasteiger partial charge in [0, 0.05) is 23.6 Å². The molecule has 0 bridgehead atoms. The van der Waals surface area contributed by atoms with Crippen LogP contribution in [0.4, 0.5) is 5.82 Å². The lowest BCUT2D eigenvalue weighted by Crippen LogP contribution is -2.44. The Morgan fingerprint density at radius 2 is 2.20 bits per heavy atom. The van der Waals surface area contributed by atoms with Gasteiger partial charge in [-0.25, -0.2) is 9.97 Å². The topological polar surface area (TPSA) is 37.8 Å². The van der Waals surface area contributed by atoms with Crippen molar-refractivity contribution in [2.75, 3.05) is 11.2 Å². The van der Waals surface area contributed by atoms with Crippen LogP contribution in [0.25, 0.3) is 0 Å². The summed E-state index contributed by atoms with van der Waals surface area (Å²) in [6, 6.07) is 2.03. The molecule has 112 valence electrons. The van der Waals surface area contributed by atoms with Crippen LogP contribution in [0.15, 0.2) is 6.07 Å². The average molecular weight is 296 g/mol. The smallest absolute Gasteiger partial charge is 0.133 e. The van der Waals surface area contributed by atoms with Crippen molar-refractivity contribution in [1.82, 2.24) is 9.97 Å². The van der Waals surface area contributed by atoms with Crippen molar-refractivity contribution in [1.29, 1.82) is 0 Å². The van der Waals surface area contributed by atoms with Crippen LogP contribution in [0, 0.1) is 12.8 Å². The van der Waals surface area contributed by atoms with E-state index in [1.54, 1.807) is 0 Å². The fourth-order valence-electron chi connectivity index (χ4n) is 3.11. The first kappa shape index (κ1) is 15.6. The van der Waals surface area contributed by atoms with Crippen molar-refractivity contribution in [2.45, 2.75) is 64.8 Å². The molecule has 1 N–H and O–H groups in total. The van der Waals surface area contributed by atoms with Crippen LogP contribution in [0.2, 0.25) is 0 Å². The predicted octanol–water partition coefficient (Wildman–Crippen LogP) is 4.51. The molecule has 3 nitrogen and oxygen atoms in total. The molecule has 1 heterocycles. The first-order valence-corrected chi connectivity index (χ1v) is 8.17. The summed E-state index contributed by atoms with van der Waals surface area (Å²) in [6.07, 6.45) is 4.79. The maximum atomic E-state index is 6.29. The Morgan fingerprint density at radius 1 is 1.45 bits per heavy atom. The van der Waals surface area contributed by atoms with Gasteiger partial charge in [-0.1, -0.05) is 33.6 Å². The van der Waals surface area contributed by atoms with E-state index in [0.29, 0.717) is 11.8 Å². The van der Waals surface area contributed by atoms with Gasteiger partial charge < -0.3 is 5.32 Å². The van der Waals surface area contributed by atoms with Gasteiger partial charge in [-0.3, -0.25) is 0 Å². The van der Waals surface area contributed by atoms with Gasteiger partial charge in [0.25, 0.3) is 0 Å². The number of halogens is 1. The van der Waals surface area contributed by atoms with Crippen molar-refractivity contribution in [3.8, 4) is 0 Å². The van der Waals surface area contributed by atoms with E-state index in [-0.39, 0.29) is 5.54 Å². The molecule has 0 saturated heterocycles. The number of aryl methyl sites for hydroxylation is 1. The Labute approximate surface area is 127 Å². The predicted molar refractivity (Wildman–Crippen MR) is 85.6 cm³/mol. The SMILES string of the molecule is Cc1cc(NC2(CCl)CCCC(C)C2)nc(C(C)C)n1. The second-order valence-electron chi connectivity index (χ2n) is 6.65. The Hall–Kier alpha value is -0.830. The third-order valence-electron chi connectivity index (χ3n) is 4.13. The van der Waals surface area contributed by atoms with Gasteiger partial charge in [0.05, 0.1) is 5.54 Å². The molecule has 2 unspecified atom stereocenters. The summed E-state index contributed by atoms with van der Waals surface area (Å²) < 4.78 is 0. The minimum Gasteiger partial charge on any atom is -0.363 e. The zero-order chi connectivity index (χ0) is 14.8. The van der Waals surface area contributed by atoms with Crippen molar-refractivity contribution < 1.29 is 0 Å². The van der Waals surface area contributed by atoms with E-state index in [1.165, 1.54) is 12.8 Å². The second-order valence-corrected chi connectivity index (χ2v) is 6.92. The number of rotatable bonds is 4. The highest BCUT2D eigenvalue weighted by atomic mass is 35.5. The zero-order valence-corrected chi connectivity index (χ0v) is 13.8. The molecule has 1 saturated carbocycles. The van der Waals surface area contributed by atoms with Crippen LogP contribution in [0.5, 0.6) is 0 Å². The Kier molecular flexibility index (Phi) is 4.90. The molecule has 0 amide bonds. The van der Waals surface area contributed by atoms with Crippen LogP contribution in [0.1, 0.15) is 63.9 Å². The van der Waals surface area contributed by atoms with Crippen molar-refractivity contribution in [2.24, 2.45) is 5.92 Å². The summed E-state index contributed by atoms with van der Waals surface area (Å²) >= 11 is 6.29. The summed E-state index contributed by atoms with van der Waals surface area (Å²) in [7, 11) is 0. The largest absolute Gasteiger partial charge is 0.363 e. The van der Waals surface area contributed by atoms with Crippen molar-refractivity contribution in [3.63, 3.8) is 0 Å². The molecular weight excluding hydrogens is 270 g/mol. The molecular formula is C16H26ClN3. The Bertz CT molecular complexity index is 461. The fraction of sp³-hybridized carbons (Fsp3) is 0.750. The Balaban J connectivity index is 2.23. The van der Waals surface area contributed by atoms with Crippen molar-refractivity contribution in [3.05, 3.63) is 17.6 Å². The molecule has 1 aromatic rings. The quantitative estimate of drug-likeness (QED) is 0.831. The highest BCUT2D eigenvalue weighted by Crippen LogP contribution is 2.35. The molecule has 1 aliphatic carbocycles. The first-order valence-electron chi connectivity index (χ1n) is 7.64. The number of aromatic nitrogens is 2. The summed E-state index contributed by atoms with van der Waals surface area (Å²) in [4.78, 5) is 9.17. The minimum absolute atomic E-state index is 0.00569. The maximum absolute atomic E-state index is 6.29. The molecule has 4 heteroatoms. The lowest BCUT2D eigenvalue weighted by atomic mass is 9.77. The molecule has 1 fully saturated rings. The van der Waals surface area contributed by atoms with Gasteiger partial charge in [0.15, 0.2) is 0 Å². The maximum Gasteiger partial charge on any atom is 0.133 e. The van der Waals surface area contributed by atoms with E-state index in [9.17, 15) is 0 Å². The van der Waals surface area contributed by atoms with E-state index >= 15 is 0 Å². The van der Waals surface area contributed by atoms with E-state index in [2.05, 4.69) is 36.1 Å².